The highest BCUT2D eigenvalue weighted by atomic mass is 35.5. The second-order valence-electron chi connectivity index (χ2n) is 4.71. The largest absolute Gasteiger partial charge is 0.461 e. The number of nitriles is 1. The Morgan fingerprint density at radius 2 is 1.95 bits per heavy atom. The molecule has 0 bridgehead atoms. The van der Waals surface area contributed by atoms with Crippen molar-refractivity contribution in [2.45, 2.75) is 19.4 Å². The van der Waals surface area contributed by atoms with Gasteiger partial charge in [0.2, 0.25) is 0 Å². The zero-order chi connectivity index (χ0) is 15.9. The lowest BCUT2D eigenvalue weighted by Gasteiger charge is -2.07. The van der Waals surface area contributed by atoms with Crippen LogP contribution < -0.4 is 0 Å². The summed E-state index contributed by atoms with van der Waals surface area (Å²) in [5, 5.41) is 8.94. The van der Waals surface area contributed by atoms with Gasteiger partial charge in [-0.3, -0.25) is 4.79 Å². The standard InChI is InChI=1S/C17H13ClFNO2/c18-16-9-15(19)7-6-14(16)11-22-17(21)8-5-12-1-3-13(10-20)4-2-12/h1-4,6-7,9H,5,8,11H2. The summed E-state index contributed by atoms with van der Waals surface area (Å²) < 4.78 is 18.0. The minimum atomic E-state index is -0.430. The highest BCUT2D eigenvalue weighted by molar-refractivity contribution is 6.31. The topological polar surface area (TPSA) is 50.1 Å². The molecule has 0 spiro atoms. The molecule has 0 N–H and O–H groups in total. The molecule has 0 aliphatic rings. The van der Waals surface area contributed by atoms with Gasteiger partial charge in [-0.25, -0.2) is 4.39 Å². The molecule has 0 atom stereocenters. The van der Waals surface area contributed by atoms with E-state index in [1.165, 1.54) is 18.2 Å². The fourth-order valence-corrected chi connectivity index (χ4v) is 2.08. The van der Waals surface area contributed by atoms with Gasteiger partial charge in [0.05, 0.1) is 16.7 Å². The first-order chi connectivity index (χ1) is 10.6. The summed E-state index contributed by atoms with van der Waals surface area (Å²) in [6, 6.07) is 13.0. The molecule has 3 nitrogen and oxygen atoms in total. The fraction of sp³-hybridized carbons (Fsp3) is 0.176. The maximum atomic E-state index is 12.9. The first kappa shape index (κ1) is 16.0. The third kappa shape index (κ3) is 4.57. The van der Waals surface area contributed by atoms with Gasteiger partial charge in [0.1, 0.15) is 12.4 Å². The number of hydrogen-bond acceptors (Lipinski definition) is 3. The van der Waals surface area contributed by atoms with Crippen LogP contribution in [0, 0.1) is 17.1 Å². The highest BCUT2D eigenvalue weighted by Crippen LogP contribution is 2.18. The van der Waals surface area contributed by atoms with Crippen LogP contribution in [0.1, 0.15) is 23.1 Å². The molecule has 0 aromatic heterocycles. The monoisotopic (exact) mass is 317 g/mol. The number of ether oxygens (including phenoxy) is 1. The number of carbonyl (C=O) groups excluding carboxylic acids is 1. The SMILES string of the molecule is N#Cc1ccc(CCC(=O)OCc2ccc(F)cc2Cl)cc1. The van der Waals surface area contributed by atoms with Crippen LogP contribution in [0.25, 0.3) is 0 Å². The van der Waals surface area contributed by atoms with Crippen LogP contribution in [0.3, 0.4) is 0 Å². The molecule has 0 heterocycles. The summed E-state index contributed by atoms with van der Waals surface area (Å²) in [5.74, 6) is -0.786. The lowest BCUT2D eigenvalue weighted by molar-refractivity contribution is -0.144. The Kier molecular flexibility index (Phi) is 5.51. The van der Waals surface area contributed by atoms with Crippen molar-refractivity contribution in [1.82, 2.24) is 0 Å². The second-order valence-corrected chi connectivity index (χ2v) is 5.11. The molecule has 2 rings (SSSR count). The van der Waals surface area contributed by atoms with Crippen molar-refractivity contribution in [2.24, 2.45) is 0 Å². The molecule has 2 aromatic carbocycles. The summed E-state index contributed by atoms with van der Waals surface area (Å²) in [6.07, 6.45) is 0.756. The van der Waals surface area contributed by atoms with Crippen molar-refractivity contribution in [3.63, 3.8) is 0 Å². The van der Waals surface area contributed by atoms with Gasteiger partial charge in [0.25, 0.3) is 0 Å². The molecule has 112 valence electrons. The Morgan fingerprint density at radius 1 is 1.23 bits per heavy atom. The molecular formula is C17H13ClFNO2. The molecule has 0 fully saturated rings. The number of rotatable bonds is 5. The molecule has 0 saturated heterocycles. The van der Waals surface area contributed by atoms with Crippen LogP contribution >= 0.6 is 11.6 Å². The normalized spacial score (nSPS) is 10.0. The molecule has 22 heavy (non-hydrogen) atoms. The molecule has 0 radical (unpaired) electrons. The lowest BCUT2D eigenvalue weighted by atomic mass is 10.1. The van der Waals surface area contributed by atoms with E-state index >= 15 is 0 Å². The quantitative estimate of drug-likeness (QED) is 0.782. The lowest BCUT2D eigenvalue weighted by Crippen LogP contribution is -2.06. The van der Waals surface area contributed by atoms with Crippen molar-refractivity contribution in [3.8, 4) is 6.07 Å². The average Bonchev–Trinajstić information content (AvgIpc) is 2.52. The Morgan fingerprint density at radius 3 is 2.59 bits per heavy atom. The minimum absolute atomic E-state index is 0.0192. The van der Waals surface area contributed by atoms with Crippen LogP contribution in [-0.2, 0) is 22.6 Å². The zero-order valence-electron chi connectivity index (χ0n) is 11.7. The summed E-state index contributed by atoms with van der Waals surface area (Å²) in [6.45, 7) is 0.0192. The van der Waals surface area contributed by atoms with E-state index in [9.17, 15) is 9.18 Å². The van der Waals surface area contributed by atoms with Gasteiger partial charge >= 0.3 is 5.97 Å². The van der Waals surface area contributed by atoms with E-state index in [4.69, 9.17) is 21.6 Å². The predicted molar refractivity (Wildman–Crippen MR) is 80.7 cm³/mol. The Hall–Kier alpha value is -2.38. The maximum Gasteiger partial charge on any atom is 0.306 e. The predicted octanol–water partition coefficient (Wildman–Crippen LogP) is 4.03. The maximum absolute atomic E-state index is 12.9. The van der Waals surface area contributed by atoms with Gasteiger partial charge in [0, 0.05) is 12.0 Å². The van der Waals surface area contributed by atoms with E-state index in [0.29, 0.717) is 17.5 Å². The van der Waals surface area contributed by atoms with E-state index in [0.717, 1.165) is 5.56 Å². The number of hydrogen-bond donors (Lipinski definition) is 0. The van der Waals surface area contributed by atoms with Gasteiger partial charge in [-0.1, -0.05) is 29.8 Å². The molecule has 0 aliphatic heterocycles. The van der Waals surface area contributed by atoms with Crippen LogP contribution in [-0.4, -0.2) is 5.97 Å². The third-order valence-electron chi connectivity index (χ3n) is 3.10. The molecule has 0 amide bonds. The molecule has 0 aliphatic carbocycles. The van der Waals surface area contributed by atoms with E-state index in [2.05, 4.69) is 0 Å². The third-order valence-corrected chi connectivity index (χ3v) is 3.46. The first-order valence-corrected chi connectivity index (χ1v) is 7.05. The van der Waals surface area contributed by atoms with Gasteiger partial charge in [0.15, 0.2) is 0 Å². The Bertz CT molecular complexity index is 708. The summed E-state index contributed by atoms with van der Waals surface area (Å²) in [7, 11) is 0. The molecule has 2 aromatic rings. The van der Waals surface area contributed by atoms with Gasteiger partial charge in [-0.05, 0) is 36.2 Å². The summed E-state index contributed by atoms with van der Waals surface area (Å²) in [4.78, 5) is 11.7. The van der Waals surface area contributed by atoms with E-state index < -0.39 is 5.82 Å². The number of nitrogens with zero attached hydrogens (tertiary/aromatic N) is 1. The van der Waals surface area contributed by atoms with Crippen molar-refractivity contribution in [2.75, 3.05) is 0 Å². The smallest absolute Gasteiger partial charge is 0.306 e. The highest BCUT2D eigenvalue weighted by Gasteiger charge is 2.07. The number of aryl methyl sites for hydroxylation is 1. The van der Waals surface area contributed by atoms with E-state index in [1.54, 1.807) is 12.1 Å². The van der Waals surface area contributed by atoms with E-state index in [1.807, 2.05) is 18.2 Å². The van der Waals surface area contributed by atoms with Crippen molar-refractivity contribution in [1.29, 1.82) is 5.26 Å². The van der Waals surface area contributed by atoms with Gasteiger partial charge < -0.3 is 4.74 Å². The number of benzene rings is 2. The molecule has 0 saturated carbocycles. The number of esters is 1. The van der Waals surface area contributed by atoms with Crippen LogP contribution in [0.15, 0.2) is 42.5 Å². The summed E-state index contributed by atoms with van der Waals surface area (Å²) >= 11 is 5.86. The molecular weight excluding hydrogens is 305 g/mol. The van der Waals surface area contributed by atoms with Crippen LogP contribution in [0.5, 0.6) is 0 Å². The van der Waals surface area contributed by atoms with Gasteiger partial charge in [-0.2, -0.15) is 5.26 Å². The number of carbonyl (C=O) groups is 1. The average molecular weight is 318 g/mol. The van der Waals surface area contributed by atoms with Crippen molar-refractivity contribution in [3.05, 3.63) is 70.0 Å². The second kappa shape index (κ2) is 7.58. The van der Waals surface area contributed by atoms with Crippen LogP contribution in [0.4, 0.5) is 4.39 Å². The Balaban J connectivity index is 1.81. The van der Waals surface area contributed by atoms with E-state index in [-0.39, 0.29) is 24.0 Å². The minimum Gasteiger partial charge on any atom is -0.461 e. The number of halogens is 2. The van der Waals surface area contributed by atoms with Crippen LogP contribution in [0.2, 0.25) is 5.02 Å². The van der Waals surface area contributed by atoms with Gasteiger partial charge in [-0.15, -0.1) is 0 Å². The molecule has 0 unspecified atom stereocenters. The first-order valence-electron chi connectivity index (χ1n) is 6.67. The van der Waals surface area contributed by atoms with Crippen molar-refractivity contribution < 1.29 is 13.9 Å². The Labute approximate surface area is 132 Å². The zero-order valence-corrected chi connectivity index (χ0v) is 12.4. The van der Waals surface area contributed by atoms with Crippen molar-refractivity contribution >= 4 is 17.6 Å². The molecule has 5 heteroatoms. The fourth-order valence-electron chi connectivity index (χ4n) is 1.86. The summed E-state index contributed by atoms with van der Waals surface area (Å²) in [5.41, 5.74) is 2.10.